The molecular weight excluding hydrogens is 260 g/mol. The fourth-order valence-electron chi connectivity index (χ4n) is 2.07. The summed E-state index contributed by atoms with van der Waals surface area (Å²) in [5.41, 5.74) is 1.14. The SMILES string of the molecule is CNc1ccc2c(OC)c(OC(C)=O)c(=O)n(C)c2c1. The van der Waals surface area contributed by atoms with Crippen LogP contribution in [0.5, 0.6) is 11.5 Å². The molecule has 6 heteroatoms. The van der Waals surface area contributed by atoms with Crippen LogP contribution in [-0.2, 0) is 11.8 Å². The molecule has 0 spiro atoms. The fraction of sp³-hybridized carbons (Fsp3) is 0.286. The van der Waals surface area contributed by atoms with E-state index in [0.717, 1.165) is 5.69 Å². The predicted molar refractivity (Wildman–Crippen MR) is 76.6 cm³/mol. The highest BCUT2D eigenvalue weighted by atomic mass is 16.6. The number of fused-ring (bicyclic) bond motifs is 1. The zero-order chi connectivity index (χ0) is 14.9. The Morgan fingerprint density at radius 1 is 1.30 bits per heavy atom. The van der Waals surface area contributed by atoms with Gasteiger partial charge in [-0.3, -0.25) is 9.59 Å². The number of anilines is 1. The van der Waals surface area contributed by atoms with E-state index in [2.05, 4.69) is 5.32 Å². The highest BCUT2D eigenvalue weighted by molar-refractivity contribution is 5.91. The molecule has 0 amide bonds. The summed E-state index contributed by atoms with van der Waals surface area (Å²) in [4.78, 5) is 23.4. The highest BCUT2D eigenvalue weighted by Gasteiger charge is 2.19. The first-order chi connectivity index (χ1) is 9.49. The number of pyridine rings is 1. The van der Waals surface area contributed by atoms with Gasteiger partial charge in [0.1, 0.15) is 0 Å². The van der Waals surface area contributed by atoms with Crippen LogP contribution in [0.15, 0.2) is 23.0 Å². The number of methoxy groups -OCH3 is 1. The number of rotatable bonds is 3. The van der Waals surface area contributed by atoms with E-state index in [1.54, 1.807) is 14.1 Å². The minimum absolute atomic E-state index is 0.0905. The van der Waals surface area contributed by atoms with Crippen molar-refractivity contribution in [1.29, 1.82) is 0 Å². The number of nitrogens with zero attached hydrogens (tertiary/aromatic N) is 1. The summed E-state index contributed by atoms with van der Waals surface area (Å²) in [5.74, 6) is -0.389. The van der Waals surface area contributed by atoms with Crippen molar-refractivity contribution in [2.24, 2.45) is 7.05 Å². The summed E-state index contributed by atoms with van der Waals surface area (Å²) in [6.07, 6.45) is 0. The van der Waals surface area contributed by atoms with Crippen molar-refractivity contribution >= 4 is 22.6 Å². The number of carbonyl (C=O) groups excluding carboxylic acids is 1. The maximum Gasteiger partial charge on any atom is 0.308 e. The summed E-state index contributed by atoms with van der Waals surface area (Å²) in [7, 11) is 4.85. The smallest absolute Gasteiger partial charge is 0.308 e. The Kier molecular flexibility index (Phi) is 3.65. The minimum Gasteiger partial charge on any atom is -0.492 e. The molecule has 0 fully saturated rings. The van der Waals surface area contributed by atoms with Gasteiger partial charge in [0.25, 0.3) is 5.56 Å². The van der Waals surface area contributed by atoms with Crippen LogP contribution >= 0.6 is 0 Å². The van der Waals surface area contributed by atoms with Crippen LogP contribution in [0.4, 0.5) is 5.69 Å². The van der Waals surface area contributed by atoms with Crippen molar-refractivity contribution in [2.75, 3.05) is 19.5 Å². The Morgan fingerprint density at radius 3 is 2.55 bits per heavy atom. The van der Waals surface area contributed by atoms with Crippen molar-refractivity contribution in [1.82, 2.24) is 4.57 Å². The number of ether oxygens (including phenoxy) is 2. The maximum atomic E-state index is 12.3. The number of aryl methyl sites for hydroxylation is 1. The van der Waals surface area contributed by atoms with Crippen molar-refractivity contribution in [3.63, 3.8) is 0 Å². The molecule has 1 N–H and O–H groups in total. The first kappa shape index (κ1) is 13.9. The van der Waals surface area contributed by atoms with E-state index in [9.17, 15) is 9.59 Å². The van der Waals surface area contributed by atoms with Crippen LogP contribution in [0.25, 0.3) is 10.9 Å². The van der Waals surface area contributed by atoms with Crippen molar-refractivity contribution in [3.8, 4) is 11.5 Å². The van der Waals surface area contributed by atoms with Gasteiger partial charge < -0.3 is 19.4 Å². The third-order valence-corrected chi connectivity index (χ3v) is 3.05. The molecule has 0 atom stereocenters. The standard InChI is InChI=1S/C14H16N2O4/c1-8(17)20-13-12(19-4)10-6-5-9(15-2)7-11(10)16(3)14(13)18/h5-7,15H,1-4H3. The minimum atomic E-state index is -0.563. The monoisotopic (exact) mass is 276 g/mol. The molecule has 20 heavy (non-hydrogen) atoms. The summed E-state index contributed by atoms with van der Waals surface area (Å²) in [6.45, 7) is 1.24. The topological polar surface area (TPSA) is 69.6 Å². The summed E-state index contributed by atoms with van der Waals surface area (Å²) in [6, 6.07) is 5.50. The molecule has 1 aromatic heterocycles. The first-order valence-corrected chi connectivity index (χ1v) is 6.06. The molecule has 2 aromatic rings. The second-order valence-corrected chi connectivity index (χ2v) is 4.30. The predicted octanol–water partition coefficient (Wildman–Crippen LogP) is 1.51. The van der Waals surface area contributed by atoms with E-state index in [4.69, 9.17) is 9.47 Å². The van der Waals surface area contributed by atoms with Crippen LogP contribution in [0, 0.1) is 0 Å². The molecule has 0 aliphatic carbocycles. The van der Waals surface area contributed by atoms with Crippen molar-refractivity contribution in [3.05, 3.63) is 28.6 Å². The van der Waals surface area contributed by atoms with Gasteiger partial charge in [0.15, 0.2) is 5.75 Å². The van der Waals surface area contributed by atoms with Crippen molar-refractivity contribution < 1.29 is 14.3 Å². The van der Waals surface area contributed by atoms with Gasteiger partial charge >= 0.3 is 5.97 Å². The Hall–Kier alpha value is -2.50. The molecule has 1 heterocycles. The van der Waals surface area contributed by atoms with E-state index in [0.29, 0.717) is 10.9 Å². The van der Waals surface area contributed by atoms with Gasteiger partial charge in [-0.1, -0.05) is 0 Å². The highest BCUT2D eigenvalue weighted by Crippen LogP contribution is 2.33. The second kappa shape index (κ2) is 5.24. The summed E-state index contributed by atoms with van der Waals surface area (Å²) in [5, 5.41) is 3.71. The maximum absolute atomic E-state index is 12.3. The number of benzene rings is 1. The Balaban J connectivity index is 2.86. The van der Waals surface area contributed by atoms with Crippen LogP contribution in [0.1, 0.15) is 6.92 Å². The van der Waals surface area contributed by atoms with E-state index in [-0.39, 0.29) is 11.5 Å². The number of esters is 1. The molecule has 0 saturated heterocycles. The van der Waals surface area contributed by atoms with E-state index in [1.807, 2.05) is 18.2 Å². The lowest BCUT2D eigenvalue weighted by molar-refractivity contribution is -0.132. The first-order valence-electron chi connectivity index (χ1n) is 6.06. The zero-order valence-corrected chi connectivity index (χ0v) is 11.8. The molecule has 1 aromatic carbocycles. The molecule has 6 nitrogen and oxygen atoms in total. The Morgan fingerprint density at radius 2 is 2.00 bits per heavy atom. The van der Waals surface area contributed by atoms with Gasteiger partial charge in [-0.2, -0.15) is 0 Å². The third kappa shape index (κ3) is 2.20. The molecular formula is C14H16N2O4. The molecule has 0 aliphatic rings. The lowest BCUT2D eigenvalue weighted by Crippen LogP contribution is -2.22. The summed E-state index contributed by atoms with van der Waals surface area (Å²) >= 11 is 0. The Labute approximate surface area is 115 Å². The second-order valence-electron chi connectivity index (χ2n) is 4.30. The molecule has 0 aliphatic heterocycles. The average Bonchev–Trinajstić information content (AvgIpc) is 2.44. The third-order valence-electron chi connectivity index (χ3n) is 3.05. The fourth-order valence-corrected chi connectivity index (χ4v) is 2.07. The molecule has 2 rings (SSSR count). The number of aromatic nitrogens is 1. The summed E-state index contributed by atoms with van der Waals surface area (Å²) < 4.78 is 11.7. The van der Waals surface area contributed by atoms with Gasteiger partial charge in [0.05, 0.1) is 12.6 Å². The number of hydrogen-bond acceptors (Lipinski definition) is 5. The largest absolute Gasteiger partial charge is 0.492 e. The normalized spacial score (nSPS) is 10.4. The van der Waals surface area contributed by atoms with Crippen LogP contribution in [-0.4, -0.2) is 24.7 Å². The van der Waals surface area contributed by atoms with Gasteiger partial charge in [0.2, 0.25) is 5.75 Å². The zero-order valence-electron chi connectivity index (χ0n) is 11.8. The Bertz CT molecular complexity index is 734. The average molecular weight is 276 g/mol. The molecule has 0 saturated carbocycles. The van der Waals surface area contributed by atoms with Crippen LogP contribution in [0.3, 0.4) is 0 Å². The quantitative estimate of drug-likeness (QED) is 0.861. The number of carbonyl (C=O) groups is 1. The van der Waals surface area contributed by atoms with Crippen molar-refractivity contribution in [2.45, 2.75) is 6.92 Å². The van der Waals surface area contributed by atoms with Gasteiger partial charge in [-0.15, -0.1) is 0 Å². The van der Waals surface area contributed by atoms with Gasteiger partial charge in [-0.05, 0) is 18.2 Å². The molecule has 0 radical (unpaired) electrons. The molecule has 0 bridgehead atoms. The van der Waals surface area contributed by atoms with E-state index in [1.165, 1.54) is 18.6 Å². The lowest BCUT2D eigenvalue weighted by Gasteiger charge is -2.14. The van der Waals surface area contributed by atoms with Crippen LogP contribution in [0.2, 0.25) is 0 Å². The lowest BCUT2D eigenvalue weighted by atomic mass is 10.1. The molecule has 0 unspecified atom stereocenters. The molecule has 106 valence electrons. The van der Waals surface area contributed by atoms with Gasteiger partial charge in [0, 0.05) is 32.1 Å². The van der Waals surface area contributed by atoms with Gasteiger partial charge in [-0.25, -0.2) is 0 Å². The number of nitrogens with one attached hydrogen (secondary N) is 1. The van der Waals surface area contributed by atoms with E-state index < -0.39 is 11.5 Å². The van der Waals surface area contributed by atoms with Crippen LogP contribution < -0.4 is 20.3 Å². The number of hydrogen-bond donors (Lipinski definition) is 1. The van der Waals surface area contributed by atoms with E-state index >= 15 is 0 Å².